The molecule has 0 aliphatic carbocycles. The van der Waals surface area contributed by atoms with Gasteiger partial charge in [0.1, 0.15) is 12.2 Å². The van der Waals surface area contributed by atoms with Crippen LogP contribution in [0.25, 0.3) is 22.2 Å². The number of imidazole rings is 1. The predicted octanol–water partition coefficient (Wildman–Crippen LogP) is 3.75. The van der Waals surface area contributed by atoms with Gasteiger partial charge in [-0.25, -0.2) is 15.0 Å². The van der Waals surface area contributed by atoms with Gasteiger partial charge in [-0.2, -0.15) is 0 Å². The summed E-state index contributed by atoms with van der Waals surface area (Å²) in [6, 6.07) is 9.73. The van der Waals surface area contributed by atoms with Crippen molar-refractivity contribution in [1.82, 2.24) is 29.4 Å². The number of benzene rings is 1. The SMILES string of the molecule is Cc1nc2cc(C(=O)N3CCCC(c4ncncc4-c4ccncc4)C3)ccc2n1C. The molecule has 5 rings (SSSR count). The Hall–Kier alpha value is -3.61. The van der Waals surface area contributed by atoms with Crippen LogP contribution in [0.1, 0.15) is 40.6 Å². The number of nitrogens with zero attached hydrogens (tertiary/aromatic N) is 6. The molecule has 1 amide bonds. The molecule has 3 aromatic heterocycles. The molecule has 1 aliphatic heterocycles. The number of carbonyl (C=O) groups is 1. The largest absolute Gasteiger partial charge is 0.338 e. The smallest absolute Gasteiger partial charge is 0.253 e. The van der Waals surface area contributed by atoms with Crippen molar-refractivity contribution in [3.63, 3.8) is 0 Å². The summed E-state index contributed by atoms with van der Waals surface area (Å²) in [5, 5.41) is 0. The fraction of sp³-hybridized carbons (Fsp3) is 0.292. The number of hydrogen-bond acceptors (Lipinski definition) is 5. The molecule has 0 bridgehead atoms. The third kappa shape index (κ3) is 3.56. The van der Waals surface area contributed by atoms with Crippen LogP contribution in [-0.2, 0) is 7.05 Å². The first-order chi connectivity index (χ1) is 15.1. The van der Waals surface area contributed by atoms with E-state index in [4.69, 9.17) is 0 Å². The van der Waals surface area contributed by atoms with Gasteiger partial charge in [-0.05, 0) is 55.7 Å². The van der Waals surface area contributed by atoms with Crippen LogP contribution in [0.2, 0.25) is 0 Å². The number of carbonyl (C=O) groups excluding carboxylic acids is 1. The first kappa shape index (κ1) is 19.4. The minimum absolute atomic E-state index is 0.0504. The highest BCUT2D eigenvalue weighted by Crippen LogP contribution is 2.33. The molecule has 1 fully saturated rings. The van der Waals surface area contributed by atoms with Gasteiger partial charge in [-0.15, -0.1) is 0 Å². The molecule has 0 radical (unpaired) electrons. The van der Waals surface area contributed by atoms with Gasteiger partial charge >= 0.3 is 0 Å². The van der Waals surface area contributed by atoms with Crippen molar-refractivity contribution in [3.8, 4) is 11.1 Å². The molecule has 0 saturated carbocycles. The lowest BCUT2D eigenvalue weighted by atomic mass is 9.90. The number of fused-ring (bicyclic) bond motifs is 1. The quantitative estimate of drug-likeness (QED) is 0.512. The van der Waals surface area contributed by atoms with Gasteiger partial charge < -0.3 is 9.47 Å². The number of pyridine rings is 1. The number of rotatable bonds is 3. The molecule has 7 heteroatoms. The molecule has 0 spiro atoms. The fourth-order valence-corrected chi connectivity index (χ4v) is 4.44. The summed E-state index contributed by atoms with van der Waals surface area (Å²) in [4.78, 5) is 32.8. The lowest BCUT2D eigenvalue weighted by Gasteiger charge is -2.33. The number of piperidine rings is 1. The fourth-order valence-electron chi connectivity index (χ4n) is 4.44. The van der Waals surface area contributed by atoms with E-state index in [0.29, 0.717) is 12.1 Å². The summed E-state index contributed by atoms with van der Waals surface area (Å²) >= 11 is 0. The van der Waals surface area contributed by atoms with E-state index in [1.165, 1.54) is 0 Å². The molecule has 31 heavy (non-hydrogen) atoms. The van der Waals surface area contributed by atoms with Crippen molar-refractivity contribution in [3.05, 3.63) is 72.3 Å². The number of aromatic nitrogens is 5. The third-order valence-electron chi connectivity index (χ3n) is 6.18. The van der Waals surface area contributed by atoms with Crippen molar-refractivity contribution in [1.29, 1.82) is 0 Å². The first-order valence-corrected chi connectivity index (χ1v) is 10.5. The number of likely N-dealkylation sites (tertiary alicyclic amines) is 1. The van der Waals surface area contributed by atoms with Crippen LogP contribution in [0.4, 0.5) is 0 Å². The maximum Gasteiger partial charge on any atom is 0.253 e. The van der Waals surface area contributed by atoms with Crippen LogP contribution >= 0.6 is 0 Å². The van der Waals surface area contributed by atoms with Gasteiger partial charge in [0.2, 0.25) is 0 Å². The molecule has 4 heterocycles. The van der Waals surface area contributed by atoms with Crippen LogP contribution in [0.15, 0.2) is 55.2 Å². The molecular weight excluding hydrogens is 388 g/mol. The molecule has 0 N–H and O–H groups in total. The van der Waals surface area contributed by atoms with Gasteiger partial charge in [-0.1, -0.05) is 0 Å². The Kier molecular flexibility index (Phi) is 4.94. The molecule has 1 aromatic carbocycles. The number of hydrogen-bond donors (Lipinski definition) is 0. The van der Waals surface area contributed by atoms with Gasteiger partial charge in [-0.3, -0.25) is 9.78 Å². The van der Waals surface area contributed by atoms with Crippen LogP contribution in [0.5, 0.6) is 0 Å². The Morgan fingerprint density at radius 2 is 1.97 bits per heavy atom. The Morgan fingerprint density at radius 1 is 1.13 bits per heavy atom. The molecular formula is C24H24N6O. The standard InChI is InChI=1S/C24H24N6O/c1-16-28-21-12-18(5-6-22(21)29(16)2)24(31)30-11-3-4-19(14-30)23-20(13-26-15-27-23)17-7-9-25-10-8-17/h5-10,12-13,15,19H,3-4,11,14H2,1-2H3. The van der Waals surface area contributed by atoms with Gasteiger partial charge in [0, 0.05) is 55.8 Å². The summed E-state index contributed by atoms with van der Waals surface area (Å²) in [7, 11) is 1.99. The molecule has 4 aromatic rings. The van der Waals surface area contributed by atoms with E-state index >= 15 is 0 Å². The minimum atomic E-state index is 0.0504. The van der Waals surface area contributed by atoms with Gasteiger partial charge in [0.05, 0.1) is 16.7 Å². The van der Waals surface area contributed by atoms with E-state index in [9.17, 15) is 4.79 Å². The molecule has 156 valence electrons. The van der Waals surface area contributed by atoms with E-state index in [0.717, 1.165) is 53.1 Å². The maximum atomic E-state index is 13.3. The van der Waals surface area contributed by atoms with E-state index < -0.39 is 0 Å². The summed E-state index contributed by atoms with van der Waals surface area (Å²) in [6.07, 6.45) is 8.95. The van der Waals surface area contributed by atoms with Crippen LogP contribution in [0.3, 0.4) is 0 Å². The van der Waals surface area contributed by atoms with Gasteiger partial charge in [0.25, 0.3) is 5.91 Å². The van der Waals surface area contributed by atoms with Crippen LogP contribution < -0.4 is 0 Å². The second kappa shape index (κ2) is 7.91. The molecule has 1 unspecified atom stereocenters. The summed E-state index contributed by atoms with van der Waals surface area (Å²) in [6.45, 7) is 3.37. The maximum absolute atomic E-state index is 13.3. The van der Waals surface area contributed by atoms with Crippen molar-refractivity contribution in [2.24, 2.45) is 7.05 Å². The van der Waals surface area contributed by atoms with E-state index in [2.05, 4.69) is 19.9 Å². The minimum Gasteiger partial charge on any atom is -0.338 e. The normalized spacial score (nSPS) is 16.6. The number of amides is 1. The molecule has 1 aliphatic rings. The Morgan fingerprint density at radius 3 is 2.81 bits per heavy atom. The Balaban J connectivity index is 1.42. The van der Waals surface area contributed by atoms with E-state index in [1.807, 2.05) is 60.0 Å². The summed E-state index contributed by atoms with van der Waals surface area (Å²) in [5.41, 5.74) is 5.63. The molecule has 7 nitrogen and oxygen atoms in total. The third-order valence-corrected chi connectivity index (χ3v) is 6.18. The first-order valence-electron chi connectivity index (χ1n) is 10.5. The lowest BCUT2D eigenvalue weighted by Crippen LogP contribution is -2.39. The van der Waals surface area contributed by atoms with Crippen molar-refractivity contribution in [2.45, 2.75) is 25.7 Å². The van der Waals surface area contributed by atoms with E-state index in [-0.39, 0.29) is 11.8 Å². The zero-order valence-corrected chi connectivity index (χ0v) is 17.7. The van der Waals surface area contributed by atoms with Crippen LogP contribution in [0, 0.1) is 6.92 Å². The average molecular weight is 412 g/mol. The zero-order chi connectivity index (χ0) is 21.4. The Bertz CT molecular complexity index is 1250. The predicted molar refractivity (Wildman–Crippen MR) is 119 cm³/mol. The van der Waals surface area contributed by atoms with Crippen molar-refractivity contribution < 1.29 is 4.79 Å². The highest BCUT2D eigenvalue weighted by molar-refractivity contribution is 5.97. The van der Waals surface area contributed by atoms with Crippen LogP contribution in [-0.4, -0.2) is 48.4 Å². The van der Waals surface area contributed by atoms with Gasteiger partial charge in [0.15, 0.2) is 0 Å². The monoisotopic (exact) mass is 412 g/mol. The summed E-state index contributed by atoms with van der Waals surface area (Å²) in [5.74, 6) is 1.16. The van der Waals surface area contributed by atoms with Crippen molar-refractivity contribution in [2.75, 3.05) is 13.1 Å². The summed E-state index contributed by atoms with van der Waals surface area (Å²) < 4.78 is 2.04. The second-order valence-corrected chi connectivity index (χ2v) is 8.07. The second-order valence-electron chi connectivity index (χ2n) is 8.07. The topological polar surface area (TPSA) is 76.8 Å². The average Bonchev–Trinajstić information content (AvgIpc) is 3.12. The molecule has 1 atom stereocenters. The zero-order valence-electron chi connectivity index (χ0n) is 17.7. The lowest BCUT2D eigenvalue weighted by molar-refractivity contribution is 0.0706. The van der Waals surface area contributed by atoms with E-state index in [1.54, 1.807) is 18.7 Å². The number of aryl methyl sites for hydroxylation is 2. The Labute approximate surface area is 180 Å². The highest BCUT2D eigenvalue weighted by Gasteiger charge is 2.28. The highest BCUT2D eigenvalue weighted by atomic mass is 16.2. The molecule has 1 saturated heterocycles. The van der Waals surface area contributed by atoms with Crippen molar-refractivity contribution >= 4 is 16.9 Å².